The Kier molecular flexibility index (Phi) is 9.92. The smallest absolute Gasteiger partial charge is 0.319 e. The first-order chi connectivity index (χ1) is 12.1. The van der Waals surface area contributed by atoms with E-state index in [9.17, 15) is 8.78 Å². The molecular weight excluding hydrogens is 455 g/mol. The van der Waals surface area contributed by atoms with E-state index in [2.05, 4.69) is 15.3 Å². The van der Waals surface area contributed by atoms with Crippen LogP contribution in [-0.4, -0.2) is 47.2 Å². The first kappa shape index (κ1) is 22.1. The van der Waals surface area contributed by atoms with Crippen LogP contribution in [0.25, 0.3) is 0 Å². The summed E-state index contributed by atoms with van der Waals surface area (Å²) in [7, 11) is 1.87. The topological polar surface area (TPSA) is 54.7 Å². The maximum absolute atomic E-state index is 12.9. The minimum atomic E-state index is -2.62. The molecule has 2 rings (SSSR count). The number of halogens is 3. The van der Waals surface area contributed by atoms with Gasteiger partial charge in [0.1, 0.15) is 24.7 Å². The van der Waals surface area contributed by atoms with Crippen molar-refractivity contribution in [1.82, 2.24) is 19.8 Å². The van der Waals surface area contributed by atoms with Gasteiger partial charge in [0.15, 0.2) is 5.96 Å². The number of para-hydroxylation sites is 1. The lowest BCUT2D eigenvalue weighted by atomic mass is 10.3. The second-order valence-electron chi connectivity index (χ2n) is 5.28. The molecule has 144 valence electrons. The Bertz CT molecular complexity index is 666. The highest BCUT2D eigenvalue weighted by Gasteiger charge is 2.12. The first-order valence-corrected chi connectivity index (χ1v) is 8.09. The Morgan fingerprint density at radius 3 is 2.73 bits per heavy atom. The van der Waals surface area contributed by atoms with E-state index < -0.39 is 6.55 Å². The number of hydrogen-bond acceptors (Lipinski definition) is 3. The molecule has 1 aromatic carbocycles. The molecular formula is C17H24F2IN5O. The summed E-state index contributed by atoms with van der Waals surface area (Å²) >= 11 is 0. The second kappa shape index (κ2) is 11.7. The largest absolute Gasteiger partial charge is 0.492 e. The average Bonchev–Trinajstić information content (AvgIpc) is 3.08. The lowest BCUT2D eigenvalue weighted by Crippen LogP contribution is -2.40. The van der Waals surface area contributed by atoms with Gasteiger partial charge in [0.25, 0.3) is 0 Å². The summed E-state index contributed by atoms with van der Waals surface area (Å²) < 4.78 is 32.2. The summed E-state index contributed by atoms with van der Waals surface area (Å²) in [5.41, 5.74) is 0. The van der Waals surface area contributed by atoms with E-state index >= 15 is 0 Å². The van der Waals surface area contributed by atoms with Gasteiger partial charge in [-0.05, 0) is 19.1 Å². The molecule has 0 saturated heterocycles. The van der Waals surface area contributed by atoms with E-state index in [0.717, 1.165) is 10.3 Å². The first-order valence-electron chi connectivity index (χ1n) is 8.09. The molecule has 0 saturated carbocycles. The maximum atomic E-state index is 12.9. The number of aromatic nitrogens is 2. The van der Waals surface area contributed by atoms with E-state index in [0.29, 0.717) is 25.7 Å². The zero-order valence-corrected chi connectivity index (χ0v) is 17.1. The molecule has 1 N–H and O–H groups in total. The zero-order chi connectivity index (χ0) is 18.1. The number of rotatable bonds is 8. The predicted molar refractivity (Wildman–Crippen MR) is 108 cm³/mol. The van der Waals surface area contributed by atoms with E-state index in [1.807, 2.05) is 49.2 Å². The minimum Gasteiger partial charge on any atom is -0.492 e. The molecule has 1 heterocycles. The number of hydrogen-bond donors (Lipinski definition) is 1. The number of aliphatic imine (C=N–C) groups is 1. The van der Waals surface area contributed by atoms with Gasteiger partial charge in [-0.1, -0.05) is 18.2 Å². The molecule has 6 nitrogen and oxygen atoms in total. The van der Waals surface area contributed by atoms with Crippen molar-refractivity contribution in [2.24, 2.45) is 4.99 Å². The van der Waals surface area contributed by atoms with Crippen LogP contribution in [0.15, 0.2) is 47.7 Å². The number of benzene rings is 1. The molecule has 0 aliphatic heterocycles. The summed E-state index contributed by atoms with van der Waals surface area (Å²) in [6, 6.07) is 9.54. The van der Waals surface area contributed by atoms with Crippen molar-refractivity contribution >= 4 is 29.9 Å². The van der Waals surface area contributed by atoms with Gasteiger partial charge in [-0.3, -0.25) is 4.57 Å². The Morgan fingerprint density at radius 2 is 2.08 bits per heavy atom. The van der Waals surface area contributed by atoms with Crippen molar-refractivity contribution in [3.05, 3.63) is 48.5 Å². The third kappa shape index (κ3) is 6.77. The van der Waals surface area contributed by atoms with E-state index in [1.54, 1.807) is 0 Å². The molecule has 0 aliphatic rings. The third-order valence-electron chi connectivity index (χ3n) is 3.46. The normalized spacial score (nSPS) is 11.2. The van der Waals surface area contributed by atoms with Crippen LogP contribution in [0.2, 0.25) is 0 Å². The molecule has 0 spiro atoms. The van der Waals surface area contributed by atoms with Crippen molar-refractivity contribution < 1.29 is 13.5 Å². The van der Waals surface area contributed by atoms with Crippen molar-refractivity contribution in [3.63, 3.8) is 0 Å². The van der Waals surface area contributed by atoms with Gasteiger partial charge in [0.2, 0.25) is 0 Å². The Hall–Kier alpha value is -1.91. The van der Waals surface area contributed by atoms with Gasteiger partial charge in [-0.15, -0.1) is 24.0 Å². The molecule has 9 heteroatoms. The molecule has 0 radical (unpaired) electrons. The lowest BCUT2D eigenvalue weighted by molar-refractivity contribution is 0.0671. The van der Waals surface area contributed by atoms with Crippen molar-refractivity contribution in [1.29, 1.82) is 0 Å². The summed E-state index contributed by atoms with van der Waals surface area (Å²) in [5, 5.41) is 3.14. The molecule has 0 amide bonds. The zero-order valence-electron chi connectivity index (χ0n) is 14.8. The highest BCUT2D eigenvalue weighted by Crippen LogP contribution is 2.13. The molecule has 0 bridgehead atoms. The number of imidazole rings is 1. The molecule has 0 aliphatic carbocycles. The van der Waals surface area contributed by atoms with Crippen molar-refractivity contribution in [2.75, 3.05) is 26.7 Å². The fraction of sp³-hybridized carbons (Fsp3) is 0.412. The fourth-order valence-corrected chi connectivity index (χ4v) is 2.18. The molecule has 0 fully saturated rings. The number of likely N-dealkylation sites (N-methyl/N-ethyl adjacent to an activating group) is 1. The molecule has 2 aromatic rings. The van der Waals surface area contributed by atoms with Gasteiger partial charge in [-0.2, -0.15) is 8.78 Å². The van der Waals surface area contributed by atoms with Crippen LogP contribution in [0.1, 0.15) is 19.3 Å². The lowest BCUT2D eigenvalue weighted by Gasteiger charge is -2.22. The quantitative estimate of drug-likeness (QED) is 0.359. The van der Waals surface area contributed by atoms with Crippen LogP contribution < -0.4 is 10.1 Å². The van der Waals surface area contributed by atoms with E-state index in [1.165, 1.54) is 12.4 Å². The van der Waals surface area contributed by atoms with Crippen molar-refractivity contribution in [3.8, 4) is 5.75 Å². The summed E-state index contributed by atoms with van der Waals surface area (Å²) in [6.07, 6.45) is 2.60. The van der Waals surface area contributed by atoms with Crippen LogP contribution in [0.4, 0.5) is 8.78 Å². The number of ether oxygens (including phenoxy) is 1. The fourth-order valence-electron chi connectivity index (χ4n) is 2.18. The van der Waals surface area contributed by atoms with Gasteiger partial charge in [0.05, 0.1) is 6.54 Å². The van der Waals surface area contributed by atoms with Crippen LogP contribution >= 0.6 is 24.0 Å². The number of guanidine groups is 1. The standard InChI is InChI=1S/C17H23F2N5O.HI/c1-3-20-17(22-13-15-21-9-10-24(15)16(18)19)23(2)11-12-25-14-7-5-4-6-8-14;/h4-10,16H,3,11-13H2,1-2H3,(H,20,22);1H. The Morgan fingerprint density at radius 1 is 1.35 bits per heavy atom. The number of nitrogens with one attached hydrogen (secondary N) is 1. The van der Waals surface area contributed by atoms with Gasteiger partial charge in [0, 0.05) is 26.0 Å². The SMILES string of the molecule is CCNC(=NCc1nccn1C(F)F)N(C)CCOc1ccccc1.I. The summed E-state index contributed by atoms with van der Waals surface area (Å²) in [5.74, 6) is 1.64. The maximum Gasteiger partial charge on any atom is 0.319 e. The van der Waals surface area contributed by atoms with Gasteiger partial charge >= 0.3 is 6.55 Å². The van der Waals surface area contributed by atoms with Gasteiger partial charge in [-0.25, -0.2) is 9.98 Å². The Balaban J connectivity index is 0.00000338. The minimum absolute atomic E-state index is 0. The number of nitrogens with zero attached hydrogens (tertiary/aromatic N) is 4. The average molecular weight is 479 g/mol. The Labute approximate surface area is 169 Å². The predicted octanol–water partition coefficient (Wildman–Crippen LogP) is 3.37. The summed E-state index contributed by atoms with van der Waals surface area (Å²) in [6.45, 7) is 1.16. The van der Waals surface area contributed by atoms with Crippen LogP contribution in [0, 0.1) is 0 Å². The van der Waals surface area contributed by atoms with Gasteiger partial charge < -0.3 is 15.0 Å². The molecule has 0 atom stereocenters. The van der Waals surface area contributed by atoms with Crippen molar-refractivity contribution in [2.45, 2.75) is 20.0 Å². The van der Waals surface area contributed by atoms with E-state index in [4.69, 9.17) is 4.74 Å². The van der Waals surface area contributed by atoms with E-state index in [-0.39, 0.29) is 36.3 Å². The highest BCUT2D eigenvalue weighted by atomic mass is 127. The molecule has 26 heavy (non-hydrogen) atoms. The van der Waals surface area contributed by atoms with Crippen LogP contribution in [-0.2, 0) is 6.54 Å². The third-order valence-corrected chi connectivity index (χ3v) is 3.46. The van der Waals surface area contributed by atoms with Crippen LogP contribution in [0.3, 0.4) is 0 Å². The monoisotopic (exact) mass is 479 g/mol. The molecule has 0 unspecified atom stereocenters. The number of alkyl halides is 2. The summed E-state index contributed by atoms with van der Waals surface area (Å²) in [4.78, 5) is 10.2. The second-order valence-corrected chi connectivity index (χ2v) is 5.28. The molecule has 1 aromatic heterocycles. The highest BCUT2D eigenvalue weighted by molar-refractivity contribution is 14.0. The van der Waals surface area contributed by atoms with Crippen LogP contribution in [0.5, 0.6) is 5.75 Å².